The fourth-order valence-electron chi connectivity index (χ4n) is 4.14. The van der Waals surface area contributed by atoms with Crippen LogP contribution in [0.25, 0.3) is 0 Å². The largest absolute Gasteiger partial charge is 0.352 e. The van der Waals surface area contributed by atoms with Crippen molar-refractivity contribution in [3.05, 3.63) is 17.5 Å². The van der Waals surface area contributed by atoms with E-state index in [4.69, 9.17) is 5.73 Å². The first-order valence-corrected chi connectivity index (χ1v) is 9.50. The number of thioether (sulfide) groups is 1. The van der Waals surface area contributed by atoms with Gasteiger partial charge < -0.3 is 11.1 Å². The second-order valence-corrected chi connectivity index (χ2v) is 7.94. The van der Waals surface area contributed by atoms with Gasteiger partial charge in [-0.05, 0) is 57.4 Å². The summed E-state index contributed by atoms with van der Waals surface area (Å²) < 4.78 is 0. The zero-order valence-corrected chi connectivity index (χ0v) is 14.7. The fraction of sp³-hybridized carbons (Fsp3) is 0.706. The maximum atomic E-state index is 12.3. The molecule has 2 atom stereocenters. The lowest BCUT2D eigenvalue weighted by molar-refractivity contribution is -0.120. The number of aryl methyl sites for hydroxylation is 2. The maximum absolute atomic E-state index is 12.3. The smallest absolute Gasteiger partial charge is 0.230 e. The van der Waals surface area contributed by atoms with Gasteiger partial charge >= 0.3 is 0 Å². The molecule has 3 rings (SSSR count). The van der Waals surface area contributed by atoms with Crippen LogP contribution in [0.15, 0.2) is 11.2 Å². The summed E-state index contributed by atoms with van der Waals surface area (Å²) in [5, 5.41) is 3.95. The van der Waals surface area contributed by atoms with Crippen LogP contribution in [0, 0.1) is 25.7 Å². The first-order chi connectivity index (χ1) is 11.0. The van der Waals surface area contributed by atoms with Crippen LogP contribution in [-0.2, 0) is 4.79 Å². The average Bonchev–Trinajstić information content (AvgIpc) is 2.45. The molecule has 1 amide bonds. The molecule has 0 aromatic carbocycles. The number of amides is 1. The summed E-state index contributed by atoms with van der Waals surface area (Å²) in [6.45, 7) is 3.90. The Morgan fingerprint density at radius 3 is 2.48 bits per heavy atom. The van der Waals surface area contributed by atoms with Crippen LogP contribution in [0.2, 0.25) is 0 Å². The average molecular weight is 334 g/mol. The fourth-order valence-corrected chi connectivity index (χ4v) is 4.90. The molecule has 2 aliphatic carbocycles. The first-order valence-electron chi connectivity index (χ1n) is 8.51. The van der Waals surface area contributed by atoms with Crippen molar-refractivity contribution in [1.29, 1.82) is 0 Å². The SMILES string of the molecule is Cc1cc(C)nc(SCC(=O)NC2C3CCCC2CC(N)C3)n1. The number of nitrogens with two attached hydrogens (primary N) is 1. The Kier molecular flexibility index (Phi) is 5.21. The number of carbonyl (C=O) groups excluding carboxylic acids is 1. The van der Waals surface area contributed by atoms with Gasteiger partial charge in [-0.3, -0.25) is 4.79 Å². The molecule has 5 nitrogen and oxygen atoms in total. The summed E-state index contributed by atoms with van der Waals surface area (Å²) in [5.41, 5.74) is 8.03. The van der Waals surface area contributed by atoms with E-state index >= 15 is 0 Å². The molecule has 1 aromatic heterocycles. The van der Waals surface area contributed by atoms with Crippen LogP contribution in [0.3, 0.4) is 0 Å². The van der Waals surface area contributed by atoms with Gasteiger partial charge in [0.05, 0.1) is 5.75 Å². The van der Waals surface area contributed by atoms with E-state index in [-0.39, 0.29) is 5.91 Å². The Labute approximate surface area is 142 Å². The van der Waals surface area contributed by atoms with Gasteiger partial charge in [0.15, 0.2) is 5.16 Å². The molecule has 23 heavy (non-hydrogen) atoms. The van der Waals surface area contributed by atoms with Crippen molar-refractivity contribution >= 4 is 17.7 Å². The van der Waals surface area contributed by atoms with Crippen molar-refractivity contribution in [2.45, 2.75) is 63.2 Å². The summed E-state index contributed by atoms with van der Waals surface area (Å²) in [6.07, 6.45) is 5.77. The van der Waals surface area contributed by atoms with E-state index in [1.54, 1.807) is 0 Å². The van der Waals surface area contributed by atoms with Crippen LogP contribution >= 0.6 is 11.8 Å². The van der Waals surface area contributed by atoms with Crippen LogP contribution in [0.1, 0.15) is 43.5 Å². The molecule has 0 spiro atoms. The van der Waals surface area contributed by atoms with Crippen LogP contribution in [-0.4, -0.2) is 33.7 Å². The summed E-state index contributed by atoms with van der Waals surface area (Å²) >= 11 is 1.42. The minimum atomic E-state index is 0.0927. The van der Waals surface area contributed by atoms with Crippen LogP contribution in [0.5, 0.6) is 0 Å². The molecule has 0 radical (unpaired) electrons. The van der Waals surface area contributed by atoms with Crippen molar-refractivity contribution in [2.75, 3.05) is 5.75 Å². The number of carbonyl (C=O) groups is 1. The molecule has 6 heteroatoms. The molecule has 2 unspecified atom stereocenters. The Balaban J connectivity index is 1.55. The molecule has 3 N–H and O–H groups in total. The molecule has 1 heterocycles. The Hall–Kier alpha value is -1.14. The molecule has 0 saturated heterocycles. The first kappa shape index (κ1) is 16.7. The topological polar surface area (TPSA) is 80.9 Å². The highest BCUT2D eigenvalue weighted by molar-refractivity contribution is 7.99. The molecular formula is C17H26N4OS. The quantitative estimate of drug-likeness (QED) is 0.652. The minimum absolute atomic E-state index is 0.0927. The third-order valence-electron chi connectivity index (χ3n) is 5.00. The predicted molar refractivity (Wildman–Crippen MR) is 92.2 cm³/mol. The van der Waals surface area contributed by atoms with Gasteiger partial charge in [-0.1, -0.05) is 18.2 Å². The normalized spacial score (nSPS) is 30.0. The van der Waals surface area contributed by atoms with E-state index in [0.29, 0.717) is 34.8 Å². The number of nitrogens with zero attached hydrogens (tertiary/aromatic N) is 2. The van der Waals surface area contributed by atoms with Crippen LogP contribution in [0.4, 0.5) is 0 Å². The molecule has 2 aliphatic rings. The van der Waals surface area contributed by atoms with E-state index < -0.39 is 0 Å². The number of hydrogen-bond acceptors (Lipinski definition) is 5. The van der Waals surface area contributed by atoms with Gasteiger partial charge in [-0.2, -0.15) is 0 Å². The highest BCUT2D eigenvalue weighted by Crippen LogP contribution is 2.39. The molecule has 126 valence electrons. The van der Waals surface area contributed by atoms with Gasteiger partial charge in [0.2, 0.25) is 5.91 Å². The lowest BCUT2D eigenvalue weighted by Gasteiger charge is -2.45. The van der Waals surface area contributed by atoms with Crippen molar-refractivity contribution < 1.29 is 4.79 Å². The standard InChI is InChI=1S/C17H26N4OS/c1-10-6-11(2)20-17(19-10)23-9-15(22)21-16-12-4-3-5-13(16)8-14(18)7-12/h6,12-14,16H,3-5,7-9,18H2,1-2H3,(H,21,22). The summed E-state index contributed by atoms with van der Waals surface area (Å²) in [7, 11) is 0. The van der Waals surface area contributed by atoms with Crippen molar-refractivity contribution in [3.8, 4) is 0 Å². The van der Waals surface area contributed by atoms with Gasteiger partial charge in [0, 0.05) is 23.5 Å². The molecule has 2 bridgehead atoms. The van der Waals surface area contributed by atoms with E-state index in [2.05, 4.69) is 15.3 Å². The van der Waals surface area contributed by atoms with Crippen LogP contribution < -0.4 is 11.1 Å². The highest BCUT2D eigenvalue weighted by atomic mass is 32.2. The zero-order chi connectivity index (χ0) is 16.4. The Morgan fingerprint density at radius 2 is 1.87 bits per heavy atom. The number of hydrogen-bond donors (Lipinski definition) is 2. The van der Waals surface area contributed by atoms with E-state index in [1.165, 1.54) is 31.0 Å². The second kappa shape index (κ2) is 7.18. The minimum Gasteiger partial charge on any atom is -0.352 e. The summed E-state index contributed by atoms with van der Waals surface area (Å²) in [4.78, 5) is 21.1. The van der Waals surface area contributed by atoms with Gasteiger partial charge in [-0.25, -0.2) is 9.97 Å². The Morgan fingerprint density at radius 1 is 1.26 bits per heavy atom. The molecule has 2 saturated carbocycles. The third kappa shape index (κ3) is 4.23. The molecule has 2 fully saturated rings. The number of nitrogens with one attached hydrogen (secondary N) is 1. The van der Waals surface area contributed by atoms with Gasteiger partial charge in [-0.15, -0.1) is 0 Å². The van der Waals surface area contributed by atoms with Crippen molar-refractivity contribution in [3.63, 3.8) is 0 Å². The molecular weight excluding hydrogens is 308 g/mol. The maximum Gasteiger partial charge on any atom is 0.230 e. The predicted octanol–water partition coefficient (Wildman–Crippen LogP) is 2.21. The molecule has 1 aromatic rings. The van der Waals surface area contributed by atoms with Crippen molar-refractivity contribution in [1.82, 2.24) is 15.3 Å². The number of rotatable bonds is 4. The van der Waals surface area contributed by atoms with E-state index in [9.17, 15) is 4.79 Å². The third-order valence-corrected chi connectivity index (χ3v) is 5.85. The van der Waals surface area contributed by atoms with E-state index in [0.717, 1.165) is 24.2 Å². The van der Waals surface area contributed by atoms with Gasteiger partial charge in [0.25, 0.3) is 0 Å². The number of aromatic nitrogens is 2. The molecule has 0 aliphatic heterocycles. The highest BCUT2D eigenvalue weighted by Gasteiger charge is 2.39. The van der Waals surface area contributed by atoms with Crippen molar-refractivity contribution in [2.24, 2.45) is 17.6 Å². The lowest BCUT2D eigenvalue weighted by atomic mass is 9.67. The monoisotopic (exact) mass is 334 g/mol. The lowest BCUT2D eigenvalue weighted by Crippen LogP contribution is -2.54. The number of fused-ring (bicyclic) bond motifs is 2. The van der Waals surface area contributed by atoms with E-state index in [1.807, 2.05) is 19.9 Å². The summed E-state index contributed by atoms with van der Waals surface area (Å²) in [5.74, 6) is 1.59. The summed E-state index contributed by atoms with van der Waals surface area (Å²) in [6, 6.07) is 2.57. The Bertz CT molecular complexity index is 545. The van der Waals surface area contributed by atoms with Gasteiger partial charge in [0.1, 0.15) is 0 Å². The second-order valence-electron chi connectivity index (χ2n) is 7.00. The zero-order valence-electron chi connectivity index (χ0n) is 13.9.